The second kappa shape index (κ2) is 4.75. The number of hydrogen-bond donors (Lipinski definition) is 0. The van der Waals surface area contributed by atoms with Crippen LogP contribution in [-0.4, -0.2) is 12.4 Å². The van der Waals surface area contributed by atoms with Crippen LogP contribution in [0.5, 0.6) is 0 Å². The van der Waals surface area contributed by atoms with E-state index in [4.69, 9.17) is 4.74 Å². The lowest BCUT2D eigenvalue weighted by molar-refractivity contribution is -0.115. The lowest BCUT2D eigenvalue weighted by atomic mass is 10.1. The van der Waals surface area contributed by atoms with Crippen LogP contribution < -0.4 is 0 Å². The Balaban J connectivity index is 2.30. The number of rotatable bonds is 4. The van der Waals surface area contributed by atoms with Gasteiger partial charge in [0.1, 0.15) is 0 Å². The molecular weight excluding hydrogens is 152 g/mol. The molecule has 0 aliphatic heterocycles. The van der Waals surface area contributed by atoms with Gasteiger partial charge in [0.15, 0.2) is 5.78 Å². The van der Waals surface area contributed by atoms with Crippen molar-refractivity contribution in [3.8, 4) is 0 Å². The van der Waals surface area contributed by atoms with E-state index in [0.29, 0.717) is 13.0 Å². The molecule has 1 aliphatic carbocycles. The summed E-state index contributed by atoms with van der Waals surface area (Å²) in [5.74, 6) is 1.03. The Hall–Kier alpha value is -1.05. The maximum Gasteiger partial charge on any atom is 0.159 e. The zero-order valence-electron chi connectivity index (χ0n) is 7.21. The molecule has 2 nitrogen and oxygen atoms in total. The summed E-state index contributed by atoms with van der Waals surface area (Å²) in [4.78, 5) is 10.9. The first kappa shape index (κ1) is 9.04. The molecule has 0 N–H and O–H groups in total. The highest BCUT2D eigenvalue weighted by Gasteiger charge is 2.09. The number of ether oxygens (including phenoxy) is 1. The summed E-state index contributed by atoms with van der Waals surface area (Å²) < 4.78 is 5.36. The summed E-state index contributed by atoms with van der Waals surface area (Å²) in [6, 6.07) is 0. The van der Waals surface area contributed by atoms with Gasteiger partial charge in [-0.2, -0.15) is 0 Å². The van der Waals surface area contributed by atoms with Gasteiger partial charge in [0, 0.05) is 18.9 Å². The van der Waals surface area contributed by atoms with Crippen LogP contribution >= 0.6 is 0 Å². The van der Waals surface area contributed by atoms with Crippen LogP contribution in [0.4, 0.5) is 0 Å². The van der Waals surface area contributed by atoms with Gasteiger partial charge in [-0.05, 0) is 12.8 Å². The van der Waals surface area contributed by atoms with Crippen LogP contribution in [0, 0.1) is 0 Å². The van der Waals surface area contributed by atoms with E-state index in [-0.39, 0.29) is 5.78 Å². The fourth-order valence-electron chi connectivity index (χ4n) is 1.15. The highest BCUT2D eigenvalue weighted by atomic mass is 16.5. The van der Waals surface area contributed by atoms with Gasteiger partial charge < -0.3 is 4.74 Å². The molecule has 66 valence electrons. The quantitative estimate of drug-likeness (QED) is 0.473. The number of allylic oxidation sites excluding steroid dienone is 2. The van der Waals surface area contributed by atoms with Gasteiger partial charge in [-0.1, -0.05) is 6.08 Å². The molecule has 0 unspecified atom stereocenters. The highest BCUT2D eigenvalue weighted by molar-refractivity contribution is 5.90. The van der Waals surface area contributed by atoms with Crippen molar-refractivity contribution in [2.45, 2.75) is 25.7 Å². The van der Waals surface area contributed by atoms with Crippen LogP contribution in [0.25, 0.3) is 0 Å². The lowest BCUT2D eigenvalue weighted by Crippen LogP contribution is -2.05. The molecule has 1 rings (SSSR count). The second-order valence-corrected chi connectivity index (χ2v) is 2.86. The zero-order chi connectivity index (χ0) is 8.81. The van der Waals surface area contributed by atoms with Gasteiger partial charge in [0.25, 0.3) is 0 Å². The zero-order valence-corrected chi connectivity index (χ0v) is 7.21. The van der Waals surface area contributed by atoms with Gasteiger partial charge in [0.05, 0.1) is 12.4 Å². The molecule has 0 bridgehead atoms. The largest absolute Gasteiger partial charge is 0.497 e. The fourth-order valence-corrected chi connectivity index (χ4v) is 1.15. The molecule has 0 aromatic carbocycles. The molecule has 0 amide bonds. The number of ketones is 1. The Bertz CT molecular complexity index is 204. The van der Waals surface area contributed by atoms with E-state index < -0.39 is 0 Å². The standard InChI is InChI=1S/C10H14O2/c1-2-3-7-12-10-6-4-5-9(11)8-10/h2,8H,1,3-7H2. The monoisotopic (exact) mass is 166 g/mol. The van der Waals surface area contributed by atoms with Gasteiger partial charge in [-0.3, -0.25) is 4.79 Å². The smallest absolute Gasteiger partial charge is 0.159 e. The minimum absolute atomic E-state index is 0.190. The summed E-state index contributed by atoms with van der Waals surface area (Å²) in [5.41, 5.74) is 0. The molecule has 12 heavy (non-hydrogen) atoms. The van der Waals surface area contributed by atoms with Crippen LogP contribution in [0.2, 0.25) is 0 Å². The maximum atomic E-state index is 10.9. The van der Waals surface area contributed by atoms with Gasteiger partial charge in [0.2, 0.25) is 0 Å². The molecule has 0 aromatic rings. The molecule has 0 fully saturated rings. The first-order chi connectivity index (χ1) is 5.83. The first-order valence-corrected chi connectivity index (χ1v) is 4.30. The van der Waals surface area contributed by atoms with Crippen LogP contribution in [0.1, 0.15) is 25.7 Å². The molecule has 0 radical (unpaired) electrons. The van der Waals surface area contributed by atoms with Crippen molar-refractivity contribution >= 4 is 5.78 Å². The normalized spacial score (nSPS) is 17.0. The van der Waals surface area contributed by atoms with Crippen LogP contribution in [-0.2, 0) is 9.53 Å². The molecule has 0 saturated heterocycles. The average molecular weight is 166 g/mol. The third kappa shape index (κ3) is 2.91. The van der Waals surface area contributed by atoms with Gasteiger partial charge in [-0.15, -0.1) is 6.58 Å². The summed E-state index contributed by atoms with van der Waals surface area (Å²) in [6.07, 6.45) is 6.78. The molecule has 0 aromatic heterocycles. The molecule has 0 spiro atoms. The predicted molar refractivity (Wildman–Crippen MR) is 47.7 cm³/mol. The van der Waals surface area contributed by atoms with Crippen molar-refractivity contribution in [1.29, 1.82) is 0 Å². The number of hydrogen-bond acceptors (Lipinski definition) is 2. The minimum Gasteiger partial charge on any atom is -0.497 e. The van der Waals surface area contributed by atoms with Gasteiger partial charge in [-0.25, -0.2) is 0 Å². The van der Waals surface area contributed by atoms with Crippen molar-refractivity contribution in [3.63, 3.8) is 0 Å². The summed E-state index contributed by atoms with van der Waals surface area (Å²) >= 11 is 0. The van der Waals surface area contributed by atoms with E-state index in [0.717, 1.165) is 25.0 Å². The maximum absolute atomic E-state index is 10.9. The topological polar surface area (TPSA) is 26.3 Å². The van der Waals surface area contributed by atoms with Crippen LogP contribution in [0.15, 0.2) is 24.5 Å². The molecule has 0 atom stereocenters. The molecule has 0 heterocycles. The van der Waals surface area contributed by atoms with Crippen molar-refractivity contribution < 1.29 is 9.53 Å². The third-order valence-corrected chi connectivity index (χ3v) is 1.78. The molecule has 2 heteroatoms. The van der Waals surface area contributed by atoms with Crippen LogP contribution in [0.3, 0.4) is 0 Å². The van der Waals surface area contributed by atoms with E-state index in [2.05, 4.69) is 6.58 Å². The number of carbonyl (C=O) groups is 1. The molecule has 1 aliphatic rings. The molecule has 0 saturated carbocycles. The Kier molecular flexibility index (Phi) is 3.58. The lowest BCUT2D eigenvalue weighted by Gasteiger charge is -2.12. The van der Waals surface area contributed by atoms with Gasteiger partial charge >= 0.3 is 0 Å². The summed E-state index contributed by atoms with van der Waals surface area (Å²) in [5, 5.41) is 0. The number of carbonyl (C=O) groups excluding carboxylic acids is 1. The Morgan fingerprint density at radius 3 is 3.08 bits per heavy atom. The van der Waals surface area contributed by atoms with E-state index >= 15 is 0 Å². The van der Waals surface area contributed by atoms with Crippen molar-refractivity contribution in [2.75, 3.05) is 6.61 Å². The average Bonchev–Trinajstić information content (AvgIpc) is 2.05. The van der Waals surface area contributed by atoms with E-state index in [9.17, 15) is 4.79 Å². The molecular formula is C10H14O2. The first-order valence-electron chi connectivity index (χ1n) is 4.30. The van der Waals surface area contributed by atoms with E-state index in [1.165, 1.54) is 0 Å². The fraction of sp³-hybridized carbons (Fsp3) is 0.500. The SMILES string of the molecule is C=CCCOC1=CC(=O)CCC1. The third-order valence-electron chi connectivity index (χ3n) is 1.78. The van der Waals surface area contributed by atoms with E-state index in [1.54, 1.807) is 6.08 Å². The van der Waals surface area contributed by atoms with Crippen molar-refractivity contribution in [3.05, 3.63) is 24.5 Å². The predicted octanol–water partition coefficient (Wildman–Crippen LogP) is 2.22. The second-order valence-electron chi connectivity index (χ2n) is 2.86. The minimum atomic E-state index is 0.190. The van der Waals surface area contributed by atoms with Crippen molar-refractivity contribution in [2.24, 2.45) is 0 Å². The summed E-state index contributed by atoms with van der Waals surface area (Å²) in [6.45, 7) is 4.23. The Morgan fingerprint density at radius 1 is 1.58 bits per heavy atom. The Labute approximate surface area is 72.9 Å². The van der Waals surface area contributed by atoms with Crippen molar-refractivity contribution in [1.82, 2.24) is 0 Å². The Morgan fingerprint density at radius 2 is 2.42 bits per heavy atom. The summed E-state index contributed by atoms with van der Waals surface area (Å²) in [7, 11) is 0. The van der Waals surface area contributed by atoms with E-state index in [1.807, 2.05) is 6.08 Å². The highest BCUT2D eigenvalue weighted by Crippen LogP contribution is 2.15.